The van der Waals surface area contributed by atoms with E-state index in [4.69, 9.17) is 0 Å². The molecule has 0 aromatic carbocycles. The lowest BCUT2D eigenvalue weighted by Gasteiger charge is -2.23. The van der Waals surface area contributed by atoms with E-state index < -0.39 is 0 Å². The minimum atomic E-state index is 0.217. The average Bonchev–Trinajstić information content (AvgIpc) is 2.96. The van der Waals surface area contributed by atoms with Gasteiger partial charge in [-0.05, 0) is 31.6 Å². The van der Waals surface area contributed by atoms with E-state index in [9.17, 15) is 9.59 Å². The van der Waals surface area contributed by atoms with Gasteiger partial charge < -0.3 is 5.32 Å². The van der Waals surface area contributed by atoms with Crippen LogP contribution in [0.4, 0.5) is 0 Å². The van der Waals surface area contributed by atoms with Gasteiger partial charge in [-0.25, -0.2) is 0 Å². The molecule has 0 heterocycles. The maximum atomic E-state index is 12.3. The summed E-state index contributed by atoms with van der Waals surface area (Å²) in [7, 11) is 0. The monoisotopic (exact) mass is 293 g/mol. The Morgan fingerprint density at radius 3 is 2.05 bits per heavy atom. The van der Waals surface area contributed by atoms with Crippen LogP contribution in [-0.4, -0.2) is 24.7 Å². The lowest BCUT2D eigenvalue weighted by Crippen LogP contribution is -2.34. The molecule has 3 heteroatoms. The molecule has 2 unspecified atom stereocenters. The summed E-state index contributed by atoms with van der Waals surface area (Å²) in [5, 5.41) is 3.11. The van der Waals surface area contributed by atoms with Crippen molar-refractivity contribution in [1.82, 2.24) is 5.32 Å². The van der Waals surface area contributed by atoms with Crippen LogP contribution in [0.5, 0.6) is 0 Å². The number of carbonyl (C=O) groups is 2. The highest BCUT2D eigenvalue weighted by atomic mass is 16.1. The van der Waals surface area contributed by atoms with Gasteiger partial charge in [0.15, 0.2) is 0 Å². The van der Waals surface area contributed by atoms with Crippen LogP contribution in [0.15, 0.2) is 0 Å². The lowest BCUT2D eigenvalue weighted by molar-refractivity contribution is -0.123. The first-order valence-corrected chi connectivity index (χ1v) is 8.93. The fourth-order valence-corrected chi connectivity index (χ4v) is 3.92. The quantitative estimate of drug-likeness (QED) is 0.815. The Morgan fingerprint density at radius 1 is 0.810 bits per heavy atom. The molecule has 0 radical (unpaired) electrons. The first-order chi connectivity index (χ1) is 10.2. The van der Waals surface area contributed by atoms with Crippen molar-refractivity contribution in [2.45, 2.75) is 71.1 Å². The number of Topliss-reactive ketones (excluding diaryl/α,β-unsaturated/α-hetero) is 2. The van der Waals surface area contributed by atoms with Crippen molar-refractivity contribution in [2.24, 2.45) is 17.8 Å². The third-order valence-electron chi connectivity index (χ3n) is 5.30. The highest BCUT2D eigenvalue weighted by molar-refractivity contribution is 5.85. The van der Waals surface area contributed by atoms with Crippen LogP contribution in [0.2, 0.25) is 0 Å². The van der Waals surface area contributed by atoms with Crippen molar-refractivity contribution < 1.29 is 9.59 Å². The first kappa shape index (κ1) is 16.7. The van der Waals surface area contributed by atoms with Gasteiger partial charge in [-0.3, -0.25) is 9.59 Å². The first-order valence-electron chi connectivity index (χ1n) is 8.93. The number of hydrogen-bond donors (Lipinski definition) is 1. The molecule has 21 heavy (non-hydrogen) atoms. The third kappa shape index (κ3) is 5.54. The fraction of sp³-hybridized carbons (Fsp3) is 0.889. The van der Waals surface area contributed by atoms with E-state index in [0.29, 0.717) is 30.6 Å². The van der Waals surface area contributed by atoms with Gasteiger partial charge in [-0.15, -0.1) is 0 Å². The molecule has 0 aliphatic heterocycles. The summed E-state index contributed by atoms with van der Waals surface area (Å²) in [6.45, 7) is 3.04. The molecule has 120 valence electrons. The molecule has 0 aromatic rings. The summed E-state index contributed by atoms with van der Waals surface area (Å²) in [6, 6.07) is 0. The maximum Gasteiger partial charge on any atom is 0.149 e. The Kier molecular flexibility index (Phi) is 6.88. The van der Waals surface area contributed by atoms with Gasteiger partial charge in [-0.2, -0.15) is 0 Å². The molecule has 0 bridgehead atoms. The van der Waals surface area contributed by atoms with Gasteiger partial charge in [0.2, 0.25) is 0 Å². The van der Waals surface area contributed by atoms with Crippen molar-refractivity contribution in [3.63, 3.8) is 0 Å². The van der Waals surface area contributed by atoms with Gasteiger partial charge >= 0.3 is 0 Å². The topological polar surface area (TPSA) is 46.2 Å². The van der Waals surface area contributed by atoms with Gasteiger partial charge in [0.1, 0.15) is 11.6 Å². The summed E-state index contributed by atoms with van der Waals surface area (Å²) in [6.07, 6.45) is 11.6. The predicted molar refractivity (Wildman–Crippen MR) is 85.2 cm³/mol. The number of nitrogens with one attached hydrogen (secondary N) is 1. The molecule has 0 amide bonds. The number of ketones is 2. The molecule has 2 saturated carbocycles. The fourth-order valence-electron chi connectivity index (χ4n) is 3.92. The molecule has 2 aliphatic carbocycles. The summed E-state index contributed by atoms with van der Waals surface area (Å²) in [5.74, 6) is 1.78. The highest BCUT2D eigenvalue weighted by Gasteiger charge is 2.24. The molecule has 0 saturated heterocycles. The SMILES string of the molecule is CC1CCCCCC(C(=O)CNCC(=O)C2CCCC2)C1. The Hall–Kier alpha value is -0.700. The Balaban J connectivity index is 1.68. The van der Waals surface area contributed by atoms with Gasteiger partial charge in [0.05, 0.1) is 13.1 Å². The van der Waals surface area contributed by atoms with Gasteiger partial charge in [0.25, 0.3) is 0 Å². The standard InChI is InChI=1S/C18H31NO2/c1-14-7-3-2-4-10-16(11-14)18(21)13-19-12-17(20)15-8-5-6-9-15/h14-16,19H,2-13H2,1H3. The zero-order valence-corrected chi connectivity index (χ0v) is 13.5. The number of rotatable bonds is 6. The summed E-state index contributed by atoms with van der Waals surface area (Å²) in [5.41, 5.74) is 0. The summed E-state index contributed by atoms with van der Waals surface area (Å²) < 4.78 is 0. The van der Waals surface area contributed by atoms with E-state index in [1.807, 2.05) is 0 Å². The van der Waals surface area contributed by atoms with Crippen molar-refractivity contribution in [2.75, 3.05) is 13.1 Å². The zero-order chi connectivity index (χ0) is 15.1. The average molecular weight is 293 g/mol. The Bertz CT molecular complexity index is 347. The Morgan fingerprint density at radius 2 is 1.33 bits per heavy atom. The molecule has 0 spiro atoms. The van der Waals surface area contributed by atoms with Crippen molar-refractivity contribution in [3.05, 3.63) is 0 Å². The van der Waals surface area contributed by atoms with Crippen LogP contribution < -0.4 is 5.32 Å². The zero-order valence-electron chi connectivity index (χ0n) is 13.5. The molecule has 2 rings (SSSR count). The van der Waals surface area contributed by atoms with Crippen molar-refractivity contribution >= 4 is 11.6 Å². The minimum absolute atomic E-state index is 0.217. The number of hydrogen-bond acceptors (Lipinski definition) is 3. The molecule has 2 aliphatic rings. The van der Waals surface area contributed by atoms with Crippen molar-refractivity contribution in [1.29, 1.82) is 0 Å². The smallest absolute Gasteiger partial charge is 0.149 e. The molecule has 1 N–H and O–H groups in total. The van der Waals surface area contributed by atoms with Crippen LogP contribution >= 0.6 is 0 Å². The van der Waals surface area contributed by atoms with E-state index in [1.165, 1.54) is 38.5 Å². The van der Waals surface area contributed by atoms with Crippen LogP contribution in [0.1, 0.15) is 71.1 Å². The molecule has 3 nitrogen and oxygen atoms in total. The second-order valence-electron chi connectivity index (χ2n) is 7.19. The van der Waals surface area contributed by atoms with Crippen LogP contribution in [0, 0.1) is 17.8 Å². The second kappa shape index (κ2) is 8.67. The van der Waals surface area contributed by atoms with Gasteiger partial charge in [-0.1, -0.05) is 45.4 Å². The number of carbonyl (C=O) groups excluding carboxylic acids is 2. The molecule has 2 atom stereocenters. The molecular weight excluding hydrogens is 262 g/mol. The molecular formula is C18H31NO2. The van der Waals surface area contributed by atoms with E-state index in [0.717, 1.165) is 25.7 Å². The van der Waals surface area contributed by atoms with Crippen LogP contribution in [-0.2, 0) is 9.59 Å². The van der Waals surface area contributed by atoms with Crippen molar-refractivity contribution in [3.8, 4) is 0 Å². The normalized spacial score (nSPS) is 28.0. The van der Waals surface area contributed by atoms with E-state index >= 15 is 0 Å². The van der Waals surface area contributed by atoms with E-state index in [1.54, 1.807) is 0 Å². The van der Waals surface area contributed by atoms with Crippen LogP contribution in [0.25, 0.3) is 0 Å². The largest absolute Gasteiger partial charge is 0.303 e. The van der Waals surface area contributed by atoms with E-state index in [2.05, 4.69) is 12.2 Å². The molecule has 2 fully saturated rings. The van der Waals surface area contributed by atoms with Crippen LogP contribution in [0.3, 0.4) is 0 Å². The van der Waals surface area contributed by atoms with E-state index in [-0.39, 0.29) is 11.8 Å². The lowest BCUT2D eigenvalue weighted by atomic mass is 9.83. The summed E-state index contributed by atoms with van der Waals surface area (Å²) in [4.78, 5) is 24.3. The van der Waals surface area contributed by atoms with Gasteiger partial charge in [0, 0.05) is 11.8 Å². The summed E-state index contributed by atoms with van der Waals surface area (Å²) >= 11 is 0. The predicted octanol–water partition coefficient (Wildman–Crippen LogP) is 3.51. The molecule has 0 aromatic heterocycles. The third-order valence-corrected chi connectivity index (χ3v) is 5.30. The minimum Gasteiger partial charge on any atom is -0.303 e. The highest BCUT2D eigenvalue weighted by Crippen LogP contribution is 2.27. The Labute approximate surface area is 129 Å². The second-order valence-corrected chi connectivity index (χ2v) is 7.19. The maximum absolute atomic E-state index is 12.3.